The maximum atomic E-state index is 4.38. The van der Waals surface area contributed by atoms with Crippen LogP contribution in [0.15, 0.2) is 12.4 Å². The van der Waals surface area contributed by atoms with Gasteiger partial charge in [-0.3, -0.25) is 0 Å². The van der Waals surface area contributed by atoms with E-state index in [0.717, 1.165) is 23.7 Å². The van der Waals surface area contributed by atoms with Crippen LogP contribution in [0.1, 0.15) is 45.5 Å². The average molecular weight is 253 g/mol. The van der Waals surface area contributed by atoms with Gasteiger partial charge in [0.25, 0.3) is 0 Å². The van der Waals surface area contributed by atoms with Gasteiger partial charge < -0.3 is 5.32 Å². The first kappa shape index (κ1) is 14.5. The predicted molar refractivity (Wildman–Crippen MR) is 75.1 cm³/mol. The van der Waals surface area contributed by atoms with Crippen LogP contribution in [-0.2, 0) is 12.3 Å². The lowest BCUT2D eigenvalue weighted by Crippen LogP contribution is -2.35. The molecule has 0 aliphatic carbocycles. The zero-order valence-corrected chi connectivity index (χ0v) is 12.1. The van der Waals surface area contributed by atoms with Crippen molar-refractivity contribution >= 4 is 11.8 Å². The molecule has 0 aliphatic rings. The summed E-state index contributed by atoms with van der Waals surface area (Å²) in [5, 5.41) is 3.42. The topological polar surface area (TPSA) is 37.8 Å². The summed E-state index contributed by atoms with van der Waals surface area (Å²) >= 11 is 1.89. The lowest BCUT2D eigenvalue weighted by atomic mass is 10.1. The van der Waals surface area contributed by atoms with Crippen LogP contribution in [0.4, 0.5) is 0 Å². The smallest absolute Gasteiger partial charge is 0.138 e. The van der Waals surface area contributed by atoms with E-state index in [1.165, 1.54) is 12.2 Å². The Labute approximate surface area is 109 Å². The van der Waals surface area contributed by atoms with Crippen LogP contribution in [0.25, 0.3) is 0 Å². The fourth-order valence-corrected chi connectivity index (χ4v) is 1.99. The third-order valence-electron chi connectivity index (χ3n) is 2.16. The number of thioether (sulfide) groups is 1. The van der Waals surface area contributed by atoms with Gasteiger partial charge in [-0.2, -0.15) is 11.8 Å². The van der Waals surface area contributed by atoms with Gasteiger partial charge in [0.1, 0.15) is 5.82 Å². The third-order valence-corrected chi connectivity index (χ3v) is 3.32. The van der Waals surface area contributed by atoms with Crippen molar-refractivity contribution in [2.45, 2.75) is 52.0 Å². The summed E-state index contributed by atoms with van der Waals surface area (Å²) in [7, 11) is 0. The minimum atomic E-state index is 0.135. The molecule has 0 unspecified atom stereocenters. The molecule has 0 atom stereocenters. The van der Waals surface area contributed by atoms with Crippen LogP contribution in [0.5, 0.6) is 0 Å². The minimum Gasteiger partial charge on any atom is -0.308 e. The van der Waals surface area contributed by atoms with Gasteiger partial charge in [0.2, 0.25) is 0 Å². The molecule has 0 fully saturated rings. The van der Waals surface area contributed by atoms with E-state index in [4.69, 9.17) is 0 Å². The lowest BCUT2D eigenvalue weighted by molar-refractivity contribution is 0.423. The quantitative estimate of drug-likeness (QED) is 0.791. The molecule has 1 N–H and O–H groups in total. The molecule has 1 heterocycles. The third kappa shape index (κ3) is 6.64. The molecule has 0 aliphatic heterocycles. The second-order valence-electron chi connectivity index (χ2n) is 5.16. The molecule has 96 valence electrons. The van der Waals surface area contributed by atoms with Gasteiger partial charge in [0, 0.05) is 30.0 Å². The van der Waals surface area contributed by atoms with Crippen molar-refractivity contribution in [2.24, 2.45) is 0 Å². The predicted octanol–water partition coefficient (Wildman–Crippen LogP) is 3.01. The highest BCUT2D eigenvalue weighted by atomic mass is 32.2. The Balaban J connectivity index is 2.39. The molecule has 0 radical (unpaired) electrons. The van der Waals surface area contributed by atoms with E-state index >= 15 is 0 Å². The van der Waals surface area contributed by atoms with Crippen molar-refractivity contribution in [1.29, 1.82) is 0 Å². The monoisotopic (exact) mass is 253 g/mol. The van der Waals surface area contributed by atoms with Crippen molar-refractivity contribution in [1.82, 2.24) is 15.3 Å². The van der Waals surface area contributed by atoms with Crippen molar-refractivity contribution < 1.29 is 0 Å². The number of rotatable bonds is 6. The Bertz CT molecular complexity index is 316. The van der Waals surface area contributed by atoms with Gasteiger partial charge in [-0.25, -0.2) is 9.97 Å². The summed E-state index contributed by atoms with van der Waals surface area (Å²) in [6.07, 6.45) is 5.05. The highest BCUT2D eigenvalue weighted by Crippen LogP contribution is 2.09. The second-order valence-corrected chi connectivity index (χ2v) is 6.27. The fraction of sp³-hybridized carbons (Fsp3) is 0.692. The number of hydrogen-bond donors (Lipinski definition) is 1. The molecule has 0 aromatic carbocycles. The van der Waals surface area contributed by atoms with Gasteiger partial charge in [-0.05, 0) is 32.9 Å². The Morgan fingerprint density at radius 2 is 1.88 bits per heavy atom. The van der Waals surface area contributed by atoms with Crippen molar-refractivity contribution in [3.63, 3.8) is 0 Å². The second kappa shape index (κ2) is 6.97. The highest BCUT2D eigenvalue weighted by molar-refractivity contribution is 7.98. The molecular weight excluding hydrogens is 230 g/mol. The summed E-state index contributed by atoms with van der Waals surface area (Å²) in [5.74, 6) is 3.03. The molecule has 1 aromatic rings. The van der Waals surface area contributed by atoms with E-state index in [0.29, 0.717) is 0 Å². The first-order valence-electron chi connectivity index (χ1n) is 6.14. The van der Waals surface area contributed by atoms with Crippen molar-refractivity contribution in [3.05, 3.63) is 23.8 Å². The van der Waals surface area contributed by atoms with Gasteiger partial charge in [-0.1, -0.05) is 6.92 Å². The van der Waals surface area contributed by atoms with Gasteiger partial charge in [0.15, 0.2) is 0 Å². The van der Waals surface area contributed by atoms with E-state index in [9.17, 15) is 0 Å². The SMILES string of the molecule is CCCSCc1ncc(CNC(C)(C)C)cn1. The zero-order valence-electron chi connectivity index (χ0n) is 11.3. The summed E-state index contributed by atoms with van der Waals surface area (Å²) in [4.78, 5) is 8.76. The van der Waals surface area contributed by atoms with Crippen molar-refractivity contribution in [3.8, 4) is 0 Å². The number of aromatic nitrogens is 2. The fourth-order valence-electron chi connectivity index (χ4n) is 1.22. The first-order chi connectivity index (χ1) is 8.01. The molecule has 4 heteroatoms. The molecule has 0 saturated carbocycles. The Kier molecular flexibility index (Phi) is 5.92. The van der Waals surface area contributed by atoms with Gasteiger partial charge >= 0.3 is 0 Å². The zero-order chi connectivity index (χ0) is 12.7. The molecule has 3 nitrogen and oxygen atoms in total. The lowest BCUT2D eigenvalue weighted by Gasteiger charge is -2.20. The maximum absolute atomic E-state index is 4.38. The largest absolute Gasteiger partial charge is 0.308 e. The molecule has 0 spiro atoms. The Hall–Kier alpha value is -0.610. The molecule has 0 bridgehead atoms. The van der Waals surface area contributed by atoms with E-state index < -0.39 is 0 Å². The van der Waals surface area contributed by atoms with Crippen LogP contribution in [0.2, 0.25) is 0 Å². The maximum Gasteiger partial charge on any atom is 0.138 e. The number of nitrogens with zero attached hydrogens (tertiary/aromatic N) is 2. The van der Waals surface area contributed by atoms with Crippen LogP contribution in [0, 0.1) is 0 Å². The molecular formula is C13H23N3S. The van der Waals surface area contributed by atoms with Gasteiger partial charge in [0.05, 0.1) is 5.75 Å². The van der Waals surface area contributed by atoms with Crippen molar-refractivity contribution in [2.75, 3.05) is 5.75 Å². The van der Waals surface area contributed by atoms with Crippen LogP contribution < -0.4 is 5.32 Å². The number of nitrogens with one attached hydrogen (secondary N) is 1. The van der Waals surface area contributed by atoms with E-state index in [2.05, 4.69) is 43.0 Å². The Morgan fingerprint density at radius 3 is 2.41 bits per heavy atom. The number of hydrogen-bond acceptors (Lipinski definition) is 4. The summed E-state index contributed by atoms with van der Waals surface area (Å²) in [6, 6.07) is 0. The van der Waals surface area contributed by atoms with E-state index in [-0.39, 0.29) is 5.54 Å². The Morgan fingerprint density at radius 1 is 1.24 bits per heavy atom. The summed E-state index contributed by atoms with van der Waals surface area (Å²) < 4.78 is 0. The molecule has 1 rings (SSSR count). The molecule has 0 amide bonds. The summed E-state index contributed by atoms with van der Waals surface area (Å²) in [5.41, 5.74) is 1.28. The van der Waals surface area contributed by atoms with Crippen LogP contribution in [-0.4, -0.2) is 21.3 Å². The van der Waals surface area contributed by atoms with E-state index in [1.807, 2.05) is 24.2 Å². The van der Waals surface area contributed by atoms with Gasteiger partial charge in [-0.15, -0.1) is 0 Å². The standard InChI is InChI=1S/C13H23N3S/c1-5-6-17-10-12-14-7-11(8-15-12)9-16-13(2,3)4/h7-8,16H,5-6,9-10H2,1-4H3. The first-order valence-corrected chi connectivity index (χ1v) is 7.29. The molecule has 1 aromatic heterocycles. The molecule has 17 heavy (non-hydrogen) atoms. The summed E-state index contributed by atoms with van der Waals surface area (Å²) in [6.45, 7) is 9.48. The highest BCUT2D eigenvalue weighted by Gasteiger charge is 2.08. The van der Waals surface area contributed by atoms with Crippen LogP contribution in [0.3, 0.4) is 0 Å². The van der Waals surface area contributed by atoms with E-state index in [1.54, 1.807) is 0 Å². The minimum absolute atomic E-state index is 0.135. The molecule has 0 saturated heterocycles. The van der Waals surface area contributed by atoms with Crippen LogP contribution >= 0.6 is 11.8 Å². The average Bonchev–Trinajstić information content (AvgIpc) is 2.27. The normalized spacial score (nSPS) is 11.8.